The fourth-order valence-electron chi connectivity index (χ4n) is 1.54. The SMILES string of the molecule is CC(c1cnc(CCCNC(C)(C)C)o1)S(C)(=O)=O. The molecule has 1 rings (SSSR count). The van der Waals surface area contributed by atoms with Crippen molar-refractivity contribution in [3.05, 3.63) is 17.8 Å². The Morgan fingerprint density at radius 2 is 2.05 bits per heavy atom. The maximum atomic E-state index is 11.4. The predicted octanol–water partition coefficient (Wildman–Crippen LogP) is 2.10. The van der Waals surface area contributed by atoms with Crippen LogP contribution in [0.3, 0.4) is 0 Å². The molecule has 0 amide bonds. The Kier molecular flexibility index (Phi) is 5.15. The van der Waals surface area contributed by atoms with Crippen LogP contribution in [0.15, 0.2) is 10.6 Å². The molecular weight excluding hydrogens is 264 g/mol. The minimum absolute atomic E-state index is 0.104. The van der Waals surface area contributed by atoms with Gasteiger partial charge in [-0.1, -0.05) is 0 Å². The molecule has 0 aliphatic rings. The van der Waals surface area contributed by atoms with Gasteiger partial charge in [-0.2, -0.15) is 0 Å². The fraction of sp³-hybridized carbons (Fsp3) is 0.769. The van der Waals surface area contributed by atoms with Crippen LogP contribution in [0.25, 0.3) is 0 Å². The summed E-state index contributed by atoms with van der Waals surface area (Å²) in [5.74, 6) is 1.02. The number of nitrogens with one attached hydrogen (secondary N) is 1. The lowest BCUT2D eigenvalue weighted by molar-refractivity contribution is 0.405. The van der Waals surface area contributed by atoms with E-state index in [1.807, 2.05) is 0 Å². The molecule has 1 heterocycles. The van der Waals surface area contributed by atoms with Gasteiger partial charge in [0.2, 0.25) is 0 Å². The van der Waals surface area contributed by atoms with Gasteiger partial charge in [0.25, 0.3) is 0 Å². The molecule has 0 aromatic carbocycles. The van der Waals surface area contributed by atoms with Crippen LogP contribution in [-0.4, -0.2) is 31.7 Å². The van der Waals surface area contributed by atoms with Gasteiger partial charge in [0.15, 0.2) is 15.7 Å². The van der Waals surface area contributed by atoms with Crippen molar-refractivity contribution in [3.8, 4) is 0 Å². The molecule has 1 aromatic heterocycles. The smallest absolute Gasteiger partial charge is 0.194 e. The Morgan fingerprint density at radius 1 is 1.42 bits per heavy atom. The highest BCUT2D eigenvalue weighted by Crippen LogP contribution is 2.21. The largest absolute Gasteiger partial charge is 0.444 e. The topological polar surface area (TPSA) is 72.2 Å². The van der Waals surface area contributed by atoms with Crippen molar-refractivity contribution < 1.29 is 12.8 Å². The molecule has 110 valence electrons. The number of aryl methyl sites for hydroxylation is 1. The van der Waals surface area contributed by atoms with E-state index in [1.165, 1.54) is 12.5 Å². The summed E-state index contributed by atoms with van der Waals surface area (Å²) in [6, 6.07) is 0. The predicted molar refractivity (Wildman–Crippen MR) is 75.8 cm³/mol. The maximum Gasteiger partial charge on any atom is 0.194 e. The molecule has 1 aromatic rings. The number of nitrogens with zero attached hydrogens (tertiary/aromatic N) is 1. The highest BCUT2D eigenvalue weighted by molar-refractivity contribution is 7.90. The molecule has 6 heteroatoms. The Balaban J connectivity index is 2.48. The van der Waals surface area contributed by atoms with Crippen LogP contribution in [0.2, 0.25) is 0 Å². The van der Waals surface area contributed by atoms with Gasteiger partial charge >= 0.3 is 0 Å². The number of rotatable bonds is 6. The molecule has 0 saturated heterocycles. The summed E-state index contributed by atoms with van der Waals surface area (Å²) in [6.45, 7) is 8.84. The van der Waals surface area contributed by atoms with Crippen molar-refractivity contribution in [1.29, 1.82) is 0 Å². The van der Waals surface area contributed by atoms with E-state index >= 15 is 0 Å². The monoisotopic (exact) mass is 288 g/mol. The lowest BCUT2D eigenvalue weighted by atomic mass is 10.1. The van der Waals surface area contributed by atoms with E-state index in [1.54, 1.807) is 6.92 Å². The zero-order valence-corrected chi connectivity index (χ0v) is 13.2. The first-order valence-electron chi connectivity index (χ1n) is 6.48. The van der Waals surface area contributed by atoms with Crippen LogP contribution in [0.4, 0.5) is 0 Å². The van der Waals surface area contributed by atoms with Crippen LogP contribution < -0.4 is 5.32 Å². The molecular formula is C13H24N2O3S. The van der Waals surface area contributed by atoms with Crippen molar-refractivity contribution in [2.45, 2.75) is 51.3 Å². The van der Waals surface area contributed by atoms with Gasteiger partial charge in [0.05, 0.1) is 6.20 Å². The third kappa shape index (κ3) is 5.74. The normalized spacial score (nSPS) is 14.6. The van der Waals surface area contributed by atoms with Crippen molar-refractivity contribution in [1.82, 2.24) is 10.3 Å². The molecule has 0 saturated carbocycles. The second-order valence-electron chi connectivity index (χ2n) is 5.91. The van der Waals surface area contributed by atoms with Gasteiger partial charge < -0.3 is 9.73 Å². The van der Waals surface area contributed by atoms with Crippen molar-refractivity contribution in [2.75, 3.05) is 12.8 Å². The summed E-state index contributed by atoms with van der Waals surface area (Å²) >= 11 is 0. The molecule has 0 fully saturated rings. The molecule has 0 spiro atoms. The van der Waals surface area contributed by atoms with Gasteiger partial charge in [0.1, 0.15) is 11.0 Å². The van der Waals surface area contributed by atoms with Crippen LogP contribution >= 0.6 is 0 Å². The molecule has 0 aliphatic heterocycles. The Morgan fingerprint density at radius 3 is 2.58 bits per heavy atom. The van der Waals surface area contributed by atoms with Crippen LogP contribution in [0.5, 0.6) is 0 Å². The van der Waals surface area contributed by atoms with Gasteiger partial charge in [-0.25, -0.2) is 13.4 Å². The molecule has 0 radical (unpaired) electrons. The second kappa shape index (κ2) is 6.05. The number of oxazole rings is 1. The molecule has 1 atom stereocenters. The van der Waals surface area contributed by atoms with Crippen molar-refractivity contribution in [3.63, 3.8) is 0 Å². The second-order valence-corrected chi connectivity index (χ2v) is 8.27. The van der Waals surface area contributed by atoms with E-state index in [4.69, 9.17) is 4.42 Å². The minimum Gasteiger partial charge on any atom is -0.444 e. The van der Waals surface area contributed by atoms with E-state index in [9.17, 15) is 8.42 Å². The standard InChI is InChI=1S/C13H24N2O3S/c1-10(19(5,16)17)11-9-14-12(18-11)7-6-8-15-13(2,3)4/h9-10,15H,6-8H2,1-5H3. The quantitative estimate of drug-likeness (QED) is 0.812. The molecule has 1 unspecified atom stereocenters. The van der Waals surface area contributed by atoms with Gasteiger partial charge in [0, 0.05) is 18.2 Å². The molecule has 19 heavy (non-hydrogen) atoms. The highest BCUT2D eigenvalue weighted by Gasteiger charge is 2.21. The maximum absolute atomic E-state index is 11.4. The summed E-state index contributed by atoms with van der Waals surface area (Å²) in [4.78, 5) is 4.13. The van der Waals surface area contributed by atoms with E-state index < -0.39 is 15.1 Å². The van der Waals surface area contributed by atoms with Crippen LogP contribution in [-0.2, 0) is 16.3 Å². The average Bonchev–Trinajstić information content (AvgIpc) is 2.69. The van der Waals surface area contributed by atoms with Crippen LogP contribution in [0.1, 0.15) is 51.0 Å². The van der Waals surface area contributed by atoms with Crippen molar-refractivity contribution in [2.24, 2.45) is 0 Å². The zero-order valence-electron chi connectivity index (χ0n) is 12.4. The lowest BCUT2D eigenvalue weighted by Crippen LogP contribution is -2.36. The summed E-state index contributed by atoms with van der Waals surface area (Å²) < 4.78 is 28.3. The number of aromatic nitrogens is 1. The van der Waals surface area contributed by atoms with E-state index in [0.29, 0.717) is 18.1 Å². The molecule has 0 bridgehead atoms. The van der Waals surface area contributed by atoms with Gasteiger partial charge in [-0.3, -0.25) is 0 Å². The first kappa shape index (κ1) is 16.2. The number of hydrogen-bond acceptors (Lipinski definition) is 5. The first-order valence-corrected chi connectivity index (χ1v) is 8.43. The summed E-state index contributed by atoms with van der Waals surface area (Å²) in [6.07, 6.45) is 4.33. The molecule has 0 aliphatic carbocycles. The lowest BCUT2D eigenvalue weighted by Gasteiger charge is -2.20. The summed E-state index contributed by atoms with van der Waals surface area (Å²) in [5.41, 5.74) is 0.104. The Bertz CT molecular complexity index is 500. The number of sulfone groups is 1. The fourth-order valence-corrected chi connectivity index (χ4v) is 2.07. The minimum atomic E-state index is -3.13. The van der Waals surface area contributed by atoms with Crippen molar-refractivity contribution >= 4 is 9.84 Å². The highest BCUT2D eigenvalue weighted by atomic mass is 32.2. The Hall–Kier alpha value is -0.880. The molecule has 1 N–H and O–H groups in total. The van der Waals surface area contributed by atoms with Gasteiger partial charge in [-0.05, 0) is 40.7 Å². The third-order valence-corrected chi connectivity index (χ3v) is 4.35. The van der Waals surface area contributed by atoms with E-state index in [-0.39, 0.29) is 5.54 Å². The summed E-state index contributed by atoms with van der Waals surface area (Å²) in [7, 11) is -3.13. The Labute approximate surface area is 115 Å². The van der Waals surface area contributed by atoms with E-state index in [0.717, 1.165) is 13.0 Å². The van der Waals surface area contributed by atoms with Crippen LogP contribution in [0, 0.1) is 0 Å². The zero-order chi connectivity index (χ0) is 14.7. The molecule has 5 nitrogen and oxygen atoms in total. The number of hydrogen-bond donors (Lipinski definition) is 1. The third-order valence-electron chi connectivity index (χ3n) is 2.84. The average molecular weight is 288 g/mol. The summed E-state index contributed by atoms with van der Waals surface area (Å²) in [5, 5.41) is 2.74. The first-order chi connectivity index (χ1) is 8.59. The van der Waals surface area contributed by atoms with E-state index in [2.05, 4.69) is 31.1 Å². The van der Waals surface area contributed by atoms with Gasteiger partial charge in [-0.15, -0.1) is 0 Å².